The van der Waals surface area contributed by atoms with Crippen molar-refractivity contribution in [3.63, 3.8) is 0 Å². The Labute approximate surface area is 194 Å². The third kappa shape index (κ3) is 5.23. The molecule has 2 N–H and O–H groups in total. The normalized spacial score (nSPS) is 19.9. The lowest BCUT2D eigenvalue weighted by Gasteiger charge is -2.40. The van der Waals surface area contributed by atoms with Crippen LogP contribution < -0.4 is 15.4 Å². The molecule has 29 heavy (non-hydrogen) atoms. The zero-order chi connectivity index (χ0) is 19.4. The van der Waals surface area contributed by atoms with Crippen molar-refractivity contribution in [2.24, 2.45) is 4.99 Å². The van der Waals surface area contributed by atoms with Gasteiger partial charge in [-0.3, -0.25) is 0 Å². The molecule has 2 aromatic rings. The second-order valence-corrected chi connectivity index (χ2v) is 8.90. The Morgan fingerprint density at radius 1 is 1.28 bits per heavy atom. The molecule has 1 atom stereocenters. The van der Waals surface area contributed by atoms with E-state index in [9.17, 15) is 0 Å². The van der Waals surface area contributed by atoms with Crippen LogP contribution in [0.2, 0.25) is 0 Å². The molecule has 0 amide bonds. The highest BCUT2D eigenvalue weighted by atomic mass is 127. The van der Waals surface area contributed by atoms with Crippen molar-refractivity contribution in [2.75, 3.05) is 6.54 Å². The first-order valence-electron chi connectivity index (χ1n) is 10.5. The highest BCUT2D eigenvalue weighted by Crippen LogP contribution is 2.46. The molecule has 2 aliphatic rings. The van der Waals surface area contributed by atoms with E-state index in [-0.39, 0.29) is 35.6 Å². The van der Waals surface area contributed by atoms with Crippen LogP contribution in [-0.4, -0.2) is 23.1 Å². The molecule has 1 aromatic heterocycles. The standard InChI is InChI=1S/C22H30N4OS.HI/c1-3-16-14-24-20(28-16)15-25-21(23-4-2)26-18-13-22(11-7-8-12-22)27-19-10-6-5-9-17(18)19;/h5-6,9-10,14,18H,3-4,7-8,11-13,15H2,1-2H3,(H2,23,25,26);1H. The molecule has 1 aromatic carbocycles. The molecule has 1 saturated carbocycles. The van der Waals surface area contributed by atoms with Gasteiger partial charge in [-0.2, -0.15) is 0 Å². The van der Waals surface area contributed by atoms with Crippen molar-refractivity contribution in [3.8, 4) is 5.75 Å². The third-order valence-electron chi connectivity index (χ3n) is 5.69. The molecule has 4 rings (SSSR count). The highest BCUT2D eigenvalue weighted by Gasteiger charge is 2.43. The predicted molar refractivity (Wildman–Crippen MR) is 130 cm³/mol. The smallest absolute Gasteiger partial charge is 0.192 e. The van der Waals surface area contributed by atoms with Crippen LogP contribution in [-0.2, 0) is 13.0 Å². The minimum absolute atomic E-state index is 0. The number of nitrogens with zero attached hydrogens (tertiary/aromatic N) is 2. The van der Waals surface area contributed by atoms with E-state index < -0.39 is 0 Å². The van der Waals surface area contributed by atoms with Gasteiger partial charge in [0.1, 0.15) is 16.4 Å². The first-order chi connectivity index (χ1) is 13.7. The number of fused-ring (bicyclic) bond motifs is 1. The number of aliphatic imine (C=N–C) groups is 1. The average molecular weight is 526 g/mol. The van der Waals surface area contributed by atoms with Gasteiger partial charge in [0.05, 0.1) is 12.6 Å². The zero-order valence-electron chi connectivity index (χ0n) is 17.2. The molecule has 2 heterocycles. The van der Waals surface area contributed by atoms with Gasteiger partial charge in [0, 0.05) is 29.6 Å². The molecule has 158 valence electrons. The lowest BCUT2D eigenvalue weighted by molar-refractivity contribution is 0.0396. The Hall–Kier alpha value is -1.35. The van der Waals surface area contributed by atoms with Gasteiger partial charge in [-0.1, -0.05) is 25.1 Å². The molecule has 1 fully saturated rings. The average Bonchev–Trinajstić information content (AvgIpc) is 3.36. The maximum atomic E-state index is 6.49. The summed E-state index contributed by atoms with van der Waals surface area (Å²) in [5.41, 5.74) is 1.21. The van der Waals surface area contributed by atoms with Crippen molar-refractivity contribution in [1.82, 2.24) is 15.6 Å². The minimum atomic E-state index is -0.0192. The van der Waals surface area contributed by atoms with E-state index in [2.05, 4.69) is 53.7 Å². The summed E-state index contributed by atoms with van der Waals surface area (Å²) in [4.78, 5) is 10.6. The highest BCUT2D eigenvalue weighted by molar-refractivity contribution is 14.0. The number of benzene rings is 1. The molecule has 1 spiro atoms. The van der Waals surface area contributed by atoms with Crippen LogP contribution in [0.5, 0.6) is 5.75 Å². The maximum absolute atomic E-state index is 6.49. The molecule has 0 radical (unpaired) electrons. The Kier molecular flexibility index (Phi) is 7.79. The van der Waals surface area contributed by atoms with Crippen molar-refractivity contribution >= 4 is 41.3 Å². The summed E-state index contributed by atoms with van der Waals surface area (Å²) in [6.45, 7) is 5.70. The van der Waals surface area contributed by atoms with Crippen LogP contribution >= 0.6 is 35.3 Å². The number of rotatable bonds is 5. The monoisotopic (exact) mass is 526 g/mol. The van der Waals surface area contributed by atoms with Gasteiger partial charge in [-0.25, -0.2) is 9.98 Å². The molecule has 0 bridgehead atoms. The Morgan fingerprint density at radius 2 is 2.07 bits per heavy atom. The van der Waals surface area contributed by atoms with Gasteiger partial charge in [0.2, 0.25) is 0 Å². The summed E-state index contributed by atoms with van der Waals surface area (Å²) < 4.78 is 6.49. The van der Waals surface area contributed by atoms with E-state index in [1.54, 1.807) is 11.3 Å². The summed E-state index contributed by atoms with van der Waals surface area (Å²) in [6.07, 6.45) is 8.79. The van der Waals surface area contributed by atoms with E-state index in [0.717, 1.165) is 48.9 Å². The summed E-state index contributed by atoms with van der Waals surface area (Å²) in [6, 6.07) is 8.65. The topological polar surface area (TPSA) is 58.5 Å². The van der Waals surface area contributed by atoms with Crippen molar-refractivity contribution in [2.45, 2.75) is 70.6 Å². The second kappa shape index (κ2) is 10.1. The number of guanidine groups is 1. The maximum Gasteiger partial charge on any atom is 0.192 e. The number of para-hydroxylation sites is 1. The quantitative estimate of drug-likeness (QED) is 0.319. The first kappa shape index (κ1) is 22.3. The van der Waals surface area contributed by atoms with Gasteiger partial charge in [-0.05, 0) is 45.1 Å². The van der Waals surface area contributed by atoms with E-state index in [1.165, 1.54) is 23.3 Å². The summed E-state index contributed by atoms with van der Waals surface area (Å²) in [7, 11) is 0. The Morgan fingerprint density at radius 3 is 2.79 bits per heavy atom. The molecule has 0 saturated heterocycles. The molecule has 1 aliphatic carbocycles. The molecule has 1 unspecified atom stereocenters. The molecular formula is C22H31IN4OS. The van der Waals surface area contributed by atoms with Gasteiger partial charge >= 0.3 is 0 Å². The van der Waals surface area contributed by atoms with Crippen LogP contribution in [0.25, 0.3) is 0 Å². The Balaban J connectivity index is 0.00000240. The molecular weight excluding hydrogens is 495 g/mol. The number of hydrogen-bond acceptors (Lipinski definition) is 4. The van der Waals surface area contributed by atoms with E-state index >= 15 is 0 Å². The van der Waals surface area contributed by atoms with Gasteiger partial charge in [0.25, 0.3) is 0 Å². The second-order valence-electron chi connectivity index (χ2n) is 7.70. The lowest BCUT2D eigenvalue weighted by Crippen LogP contribution is -2.46. The minimum Gasteiger partial charge on any atom is -0.487 e. The van der Waals surface area contributed by atoms with Gasteiger partial charge in [-0.15, -0.1) is 35.3 Å². The van der Waals surface area contributed by atoms with Crippen LogP contribution in [0.3, 0.4) is 0 Å². The van der Waals surface area contributed by atoms with Crippen LogP contribution in [0.15, 0.2) is 35.5 Å². The number of nitrogens with one attached hydrogen (secondary N) is 2. The summed E-state index contributed by atoms with van der Waals surface area (Å²) in [5, 5.41) is 8.16. The van der Waals surface area contributed by atoms with Gasteiger partial charge in [0.15, 0.2) is 5.96 Å². The number of halogens is 1. The zero-order valence-corrected chi connectivity index (χ0v) is 20.4. The number of hydrogen-bond donors (Lipinski definition) is 2. The fraction of sp³-hybridized carbons (Fsp3) is 0.545. The summed E-state index contributed by atoms with van der Waals surface area (Å²) >= 11 is 1.75. The molecule has 5 nitrogen and oxygen atoms in total. The van der Waals surface area contributed by atoms with E-state index in [0.29, 0.717) is 6.54 Å². The number of ether oxygens (including phenoxy) is 1. The van der Waals surface area contributed by atoms with Crippen LogP contribution in [0.1, 0.15) is 67.4 Å². The van der Waals surface area contributed by atoms with E-state index in [1.807, 2.05) is 6.20 Å². The van der Waals surface area contributed by atoms with Crippen LogP contribution in [0.4, 0.5) is 0 Å². The fourth-order valence-corrected chi connectivity index (χ4v) is 5.08. The van der Waals surface area contributed by atoms with Gasteiger partial charge < -0.3 is 15.4 Å². The number of aryl methyl sites for hydroxylation is 1. The van der Waals surface area contributed by atoms with Crippen molar-refractivity contribution in [1.29, 1.82) is 0 Å². The Bertz CT molecular complexity index is 832. The predicted octanol–water partition coefficient (Wildman–Crippen LogP) is 5.22. The lowest BCUT2D eigenvalue weighted by atomic mass is 9.86. The molecule has 7 heteroatoms. The van der Waals surface area contributed by atoms with Crippen molar-refractivity contribution < 1.29 is 4.74 Å². The van der Waals surface area contributed by atoms with Crippen LogP contribution in [0, 0.1) is 0 Å². The molecule has 1 aliphatic heterocycles. The first-order valence-corrected chi connectivity index (χ1v) is 11.3. The van der Waals surface area contributed by atoms with E-state index in [4.69, 9.17) is 9.73 Å². The number of aromatic nitrogens is 1. The van der Waals surface area contributed by atoms with Crippen molar-refractivity contribution in [3.05, 3.63) is 45.9 Å². The SMILES string of the molecule is CCNC(=NCc1ncc(CC)s1)NC1CC2(CCCC2)Oc2ccccc21.I. The summed E-state index contributed by atoms with van der Waals surface area (Å²) in [5.74, 6) is 1.88. The number of thiazole rings is 1. The largest absolute Gasteiger partial charge is 0.487 e. The fourth-order valence-electron chi connectivity index (χ4n) is 4.29. The third-order valence-corrected chi connectivity index (χ3v) is 6.82.